The molecular formula is C16H15BrFNO. The van der Waals surface area contributed by atoms with Gasteiger partial charge in [0.05, 0.1) is 13.2 Å². The topological polar surface area (TPSA) is 21.3 Å². The van der Waals surface area contributed by atoms with Crippen molar-refractivity contribution in [2.75, 3.05) is 12.4 Å². The van der Waals surface area contributed by atoms with Gasteiger partial charge in [0.1, 0.15) is 11.6 Å². The third kappa shape index (κ3) is 2.52. The van der Waals surface area contributed by atoms with E-state index in [2.05, 4.69) is 33.4 Å². The van der Waals surface area contributed by atoms with Gasteiger partial charge in [-0.05, 0) is 70.2 Å². The summed E-state index contributed by atoms with van der Waals surface area (Å²) in [5.74, 6) is 0.631. The molecule has 0 amide bonds. The Morgan fingerprint density at radius 1 is 1.25 bits per heavy atom. The van der Waals surface area contributed by atoms with Crippen molar-refractivity contribution in [3.63, 3.8) is 0 Å². The van der Waals surface area contributed by atoms with E-state index in [1.807, 2.05) is 6.07 Å². The van der Waals surface area contributed by atoms with E-state index in [9.17, 15) is 4.39 Å². The Morgan fingerprint density at radius 2 is 2.10 bits per heavy atom. The molecule has 2 aromatic rings. The van der Waals surface area contributed by atoms with E-state index in [0.717, 1.165) is 28.8 Å². The number of hydrogen-bond donors (Lipinski definition) is 1. The summed E-state index contributed by atoms with van der Waals surface area (Å²) >= 11 is 3.40. The molecule has 2 aromatic carbocycles. The molecule has 0 aliphatic heterocycles. The van der Waals surface area contributed by atoms with E-state index in [1.54, 1.807) is 13.2 Å². The maximum Gasteiger partial charge on any atom is 0.124 e. The standard InChI is InChI=1S/C16H15BrFNO/c1-20-12-5-2-10-3-6-15(13(10)9-12)19-16-7-4-11(18)8-14(16)17/h2,4-5,7-9,15,19H,3,6H2,1H3. The number of anilines is 1. The third-order valence-corrected chi connectivity index (χ3v) is 4.35. The van der Waals surface area contributed by atoms with Crippen molar-refractivity contribution < 1.29 is 9.13 Å². The van der Waals surface area contributed by atoms with Crippen LogP contribution in [0.4, 0.5) is 10.1 Å². The summed E-state index contributed by atoms with van der Waals surface area (Å²) in [5.41, 5.74) is 3.52. The molecule has 0 spiro atoms. The minimum absolute atomic E-state index is 0.238. The number of methoxy groups -OCH3 is 1. The second-order valence-electron chi connectivity index (χ2n) is 4.92. The van der Waals surface area contributed by atoms with Gasteiger partial charge in [-0.25, -0.2) is 4.39 Å². The summed E-state index contributed by atoms with van der Waals surface area (Å²) in [6.45, 7) is 0. The van der Waals surface area contributed by atoms with Gasteiger partial charge in [0.15, 0.2) is 0 Å². The number of aryl methyl sites for hydroxylation is 1. The Bertz CT molecular complexity index is 644. The van der Waals surface area contributed by atoms with Crippen molar-refractivity contribution >= 4 is 21.6 Å². The van der Waals surface area contributed by atoms with Crippen molar-refractivity contribution in [1.29, 1.82) is 0 Å². The lowest BCUT2D eigenvalue weighted by atomic mass is 10.1. The average Bonchev–Trinajstić information content (AvgIpc) is 2.84. The van der Waals surface area contributed by atoms with Gasteiger partial charge < -0.3 is 10.1 Å². The SMILES string of the molecule is COc1ccc2c(c1)C(Nc1ccc(F)cc1Br)CC2. The summed E-state index contributed by atoms with van der Waals surface area (Å²) < 4.78 is 19.2. The molecule has 20 heavy (non-hydrogen) atoms. The first-order valence-electron chi connectivity index (χ1n) is 6.56. The van der Waals surface area contributed by atoms with Gasteiger partial charge in [-0.15, -0.1) is 0 Å². The van der Waals surface area contributed by atoms with Gasteiger partial charge >= 0.3 is 0 Å². The first-order valence-corrected chi connectivity index (χ1v) is 7.35. The zero-order valence-corrected chi connectivity index (χ0v) is 12.7. The van der Waals surface area contributed by atoms with Crippen molar-refractivity contribution in [3.05, 3.63) is 57.8 Å². The van der Waals surface area contributed by atoms with E-state index in [4.69, 9.17) is 4.74 Å². The van der Waals surface area contributed by atoms with Crippen LogP contribution in [0.1, 0.15) is 23.6 Å². The van der Waals surface area contributed by atoms with Crippen molar-refractivity contribution in [2.45, 2.75) is 18.9 Å². The summed E-state index contributed by atoms with van der Waals surface area (Å²) in [7, 11) is 1.68. The zero-order chi connectivity index (χ0) is 14.1. The predicted octanol–water partition coefficient (Wildman–Crippen LogP) is 4.70. The monoisotopic (exact) mass is 335 g/mol. The second kappa shape index (κ2) is 5.44. The van der Waals surface area contributed by atoms with Gasteiger partial charge in [0, 0.05) is 10.2 Å². The first-order chi connectivity index (χ1) is 9.67. The number of benzene rings is 2. The fraction of sp³-hybridized carbons (Fsp3) is 0.250. The normalized spacial score (nSPS) is 16.9. The van der Waals surface area contributed by atoms with Gasteiger partial charge in [-0.3, -0.25) is 0 Å². The largest absolute Gasteiger partial charge is 0.497 e. The van der Waals surface area contributed by atoms with Crippen LogP contribution >= 0.6 is 15.9 Å². The van der Waals surface area contributed by atoms with Crippen LogP contribution in [-0.4, -0.2) is 7.11 Å². The summed E-state index contributed by atoms with van der Waals surface area (Å²) in [6, 6.07) is 11.1. The molecular weight excluding hydrogens is 321 g/mol. The van der Waals surface area contributed by atoms with Crippen LogP contribution < -0.4 is 10.1 Å². The van der Waals surface area contributed by atoms with Crippen molar-refractivity contribution in [3.8, 4) is 5.75 Å². The van der Waals surface area contributed by atoms with E-state index in [1.165, 1.54) is 23.3 Å². The lowest BCUT2D eigenvalue weighted by Gasteiger charge is -2.17. The molecule has 0 saturated carbocycles. The van der Waals surface area contributed by atoms with Crippen molar-refractivity contribution in [2.24, 2.45) is 0 Å². The molecule has 104 valence electrons. The highest BCUT2D eigenvalue weighted by atomic mass is 79.9. The number of ether oxygens (including phenoxy) is 1. The Kier molecular flexibility index (Phi) is 3.66. The second-order valence-corrected chi connectivity index (χ2v) is 5.78. The quantitative estimate of drug-likeness (QED) is 0.877. The predicted molar refractivity (Wildman–Crippen MR) is 81.8 cm³/mol. The summed E-state index contributed by atoms with van der Waals surface area (Å²) in [4.78, 5) is 0. The number of nitrogens with one attached hydrogen (secondary N) is 1. The number of halogens is 2. The summed E-state index contributed by atoms with van der Waals surface area (Å²) in [5, 5.41) is 3.47. The fourth-order valence-electron chi connectivity index (χ4n) is 2.65. The lowest BCUT2D eigenvalue weighted by Crippen LogP contribution is -2.07. The highest BCUT2D eigenvalue weighted by Crippen LogP contribution is 2.37. The minimum atomic E-state index is -0.240. The number of hydrogen-bond acceptors (Lipinski definition) is 2. The Balaban J connectivity index is 1.87. The summed E-state index contributed by atoms with van der Waals surface area (Å²) in [6.07, 6.45) is 2.09. The maximum atomic E-state index is 13.1. The molecule has 0 saturated heterocycles. The van der Waals surface area contributed by atoms with Crippen LogP contribution in [0.3, 0.4) is 0 Å². The molecule has 1 unspecified atom stereocenters. The average molecular weight is 336 g/mol. The van der Waals surface area contributed by atoms with Crippen LogP contribution in [0, 0.1) is 5.82 Å². The molecule has 0 radical (unpaired) electrons. The van der Waals surface area contributed by atoms with E-state index >= 15 is 0 Å². The maximum absolute atomic E-state index is 13.1. The van der Waals surface area contributed by atoms with Crippen LogP contribution in [0.15, 0.2) is 40.9 Å². The molecule has 0 fully saturated rings. The number of fused-ring (bicyclic) bond motifs is 1. The Morgan fingerprint density at radius 3 is 2.85 bits per heavy atom. The highest BCUT2D eigenvalue weighted by Gasteiger charge is 2.23. The smallest absolute Gasteiger partial charge is 0.124 e. The highest BCUT2D eigenvalue weighted by molar-refractivity contribution is 9.10. The van der Waals surface area contributed by atoms with Crippen LogP contribution in [-0.2, 0) is 6.42 Å². The Labute approximate surface area is 126 Å². The van der Waals surface area contributed by atoms with Crippen LogP contribution in [0.25, 0.3) is 0 Å². The van der Waals surface area contributed by atoms with E-state index in [0.29, 0.717) is 0 Å². The van der Waals surface area contributed by atoms with Gasteiger partial charge in [0.25, 0.3) is 0 Å². The van der Waals surface area contributed by atoms with E-state index < -0.39 is 0 Å². The van der Waals surface area contributed by atoms with E-state index in [-0.39, 0.29) is 11.9 Å². The van der Waals surface area contributed by atoms with Crippen LogP contribution in [0.2, 0.25) is 0 Å². The van der Waals surface area contributed by atoms with Crippen molar-refractivity contribution in [1.82, 2.24) is 0 Å². The zero-order valence-electron chi connectivity index (χ0n) is 11.1. The molecule has 0 aromatic heterocycles. The molecule has 1 atom stereocenters. The molecule has 1 aliphatic rings. The lowest BCUT2D eigenvalue weighted by molar-refractivity contribution is 0.414. The number of rotatable bonds is 3. The first kappa shape index (κ1) is 13.4. The molecule has 2 nitrogen and oxygen atoms in total. The molecule has 4 heteroatoms. The third-order valence-electron chi connectivity index (χ3n) is 3.69. The molecule has 0 heterocycles. The molecule has 1 N–H and O–H groups in total. The Hall–Kier alpha value is -1.55. The molecule has 3 rings (SSSR count). The molecule has 1 aliphatic carbocycles. The van der Waals surface area contributed by atoms with Gasteiger partial charge in [-0.1, -0.05) is 6.07 Å². The fourth-order valence-corrected chi connectivity index (χ4v) is 3.12. The molecule has 0 bridgehead atoms. The van der Waals surface area contributed by atoms with Gasteiger partial charge in [0.2, 0.25) is 0 Å². The minimum Gasteiger partial charge on any atom is -0.497 e. The van der Waals surface area contributed by atoms with Crippen LogP contribution in [0.5, 0.6) is 5.75 Å². The van der Waals surface area contributed by atoms with Gasteiger partial charge in [-0.2, -0.15) is 0 Å².